The van der Waals surface area contributed by atoms with Crippen LogP contribution in [0.1, 0.15) is 75.5 Å². The Balaban J connectivity index is 1.08. The van der Waals surface area contributed by atoms with Crippen molar-refractivity contribution in [2.45, 2.75) is 83.5 Å². The fraction of sp³-hybridized carbons (Fsp3) is 0.361. The summed E-state index contributed by atoms with van der Waals surface area (Å²) in [5, 5.41) is 16.1. The van der Waals surface area contributed by atoms with E-state index >= 15 is 0 Å². The zero-order valence-electron chi connectivity index (χ0n) is 27.6. The van der Waals surface area contributed by atoms with Crippen molar-refractivity contribution in [2.75, 3.05) is 5.32 Å². The molecule has 0 radical (unpaired) electrons. The van der Waals surface area contributed by atoms with E-state index in [1.165, 1.54) is 52.0 Å². The van der Waals surface area contributed by atoms with Gasteiger partial charge in [0.05, 0.1) is 11.1 Å². The van der Waals surface area contributed by atoms with Crippen molar-refractivity contribution in [1.29, 1.82) is 0 Å². The number of anilines is 1. The highest BCUT2D eigenvalue weighted by atomic mass is 32.2. The van der Waals surface area contributed by atoms with Crippen molar-refractivity contribution >= 4 is 23.5 Å². The van der Waals surface area contributed by atoms with Crippen LogP contribution in [0.5, 0.6) is 5.75 Å². The first-order valence-corrected chi connectivity index (χ1v) is 16.9. The molecule has 48 heavy (non-hydrogen) atoms. The molecule has 1 aliphatic carbocycles. The predicted molar refractivity (Wildman–Crippen MR) is 185 cm³/mol. The number of allylic oxidation sites excluding steroid dienone is 1. The standard InChI is InChI=1S/C36H41F3N6O2S/c1-22(2)33-23(3)7-6-8-32(33)41-24(4)20-48-25(5)42-35(46)43-29-14-13-28(19-29)26-9-11-27(12-10-26)34-40-21-45(44-34)30-15-17-31(18-16-30)47-36(37,38)39/h6-12,15-18,20-22,25,28-29,41H,13-14,19H2,1-5H3,(H2,42,43,46)/b24-20-. The number of carbonyl (C=O) groups is 1. The molecule has 0 bridgehead atoms. The molecule has 1 aromatic heterocycles. The van der Waals surface area contributed by atoms with Crippen molar-refractivity contribution in [3.05, 3.63) is 101 Å². The van der Waals surface area contributed by atoms with Crippen LogP contribution in [-0.2, 0) is 0 Å². The molecule has 3 N–H and O–H groups in total. The molecule has 5 rings (SSSR count). The minimum absolute atomic E-state index is 0.0897. The number of nitrogens with one attached hydrogen (secondary N) is 3. The van der Waals surface area contributed by atoms with E-state index in [-0.39, 0.29) is 23.2 Å². The number of urea groups is 1. The Kier molecular flexibility index (Phi) is 11.0. The van der Waals surface area contributed by atoms with Crippen molar-refractivity contribution in [2.24, 2.45) is 0 Å². The Morgan fingerprint density at radius 2 is 1.77 bits per heavy atom. The van der Waals surface area contributed by atoms with E-state index in [9.17, 15) is 18.0 Å². The number of ether oxygens (including phenoxy) is 1. The summed E-state index contributed by atoms with van der Waals surface area (Å²) in [5.74, 6) is 0.943. The average Bonchev–Trinajstić information content (AvgIpc) is 3.70. The third kappa shape index (κ3) is 9.33. The van der Waals surface area contributed by atoms with Crippen LogP contribution in [0.4, 0.5) is 23.7 Å². The van der Waals surface area contributed by atoms with Gasteiger partial charge in [0.25, 0.3) is 0 Å². The van der Waals surface area contributed by atoms with E-state index < -0.39 is 6.36 Å². The predicted octanol–water partition coefficient (Wildman–Crippen LogP) is 9.25. The minimum atomic E-state index is -4.74. The molecule has 3 aromatic carbocycles. The molecule has 1 saturated carbocycles. The Morgan fingerprint density at radius 3 is 2.46 bits per heavy atom. The molecule has 0 saturated heterocycles. The fourth-order valence-electron chi connectivity index (χ4n) is 6.09. The number of rotatable bonds is 11. The highest BCUT2D eigenvalue weighted by molar-refractivity contribution is 8.02. The zero-order chi connectivity index (χ0) is 34.4. The van der Waals surface area contributed by atoms with Crippen molar-refractivity contribution < 1.29 is 22.7 Å². The molecule has 1 heterocycles. The summed E-state index contributed by atoms with van der Waals surface area (Å²) in [6, 6.07) is 19.7. The number of alkyl halides is 3. The first kappa shape index (κ1) is 34.9. The van der Waals surface area contributed by atoms with E-state index in [2.05, 4.69) is 81.9 Å². The molecule has 1 aliphatic rings. The maximum Gasteiger partial charge on any atom is 0.573 e. The third-order valence-corrected chi connectivity index (χ3v) is 9.27. The van der Waals surface area contributed by atoms with E-state index in [1.54, 1.807) is 11.8 Å². The Bertz CT molecular complexity index is 1720. The SMILES string of the molecule is C/C(=C/SC(C)NC(=O)NC1CCC(c2ccc(-c3ncn(-c4ccc(OC(F)(F)F)cc4)n3)cc2)C1)Nc1cccc(C)c1C(C)C. The molecular weight excluding hydrogens is 637 g/mol. The molecule has 8 nitrogen and oxygen atoms in total. The normalized spacial score (nSPS) is 17.3. The van der Waals surface area contributed by atoms with E-state index in [1.807, 2.05) is 31.4 Å². The first-order valence-electron chi connectivity index (χ1n) is 16.0. The number of hydrogen-bond acceptors (Lipinski definition) is 6. The summed E-state index contributed by atoms with van der Waals surface area (Å²) in [7, 11) is 0. The number of benzene rings is 3. The number of nitrogens with zero attached hydrogens (tertiary/aromatic N) is 3. The lowest BCUT2D eigenvalue weighted by Gasteiger charge is -2.19. The van der Waals surface area contributed by atoms with Crippen LogP contribution in [-0.4, -0.2) is 38.6 Å². The number of aryl methyl sites for hydroxylation is 1. The third-order valence-electron chi connectivity index (χ3n) is 8.25. The Morgan fingerprint density at radius 1 is 1.04 bits per heavy atom. The number of hydrogen-bond donors (Lipinski definition) is 3. The van der Waals surface area contributed by atoms with Gasteiger partial charge in [-0.15, -0.1) is 30.0 Å². The van der Waals surface area contributed by atoms with Crippen LogP contribution < -0.4 is 20.7 Å². The van der Waals surface area contributed by atoms with Crippen molar-refractivity contribution in [3.8, 4) is 22.8 Å². The highest BCUT2D eigenvalue weighted by Crippen LogP contribution is 2.35. The van der Waals surface area contributed by atoms with Gasteiger partial charge < -0.3 is 20.7 Å². The van der Waals surface area contributed by atoms with Crippen LogP contribution in [0.3, 0.4) is 0 Å². The molecule has 0 aliphatic heterocycles. The van der Waals surface area contributed by atoms with Crippen LogP contribution >= 0.6 is 11.8 Å². The number of thioether (sulfide) groups is 1. The molecule has 2 amide bonds. The van der Waals surface area contributed by atoms with E-state index in [0.717, 1.165) is 36.2 Å². The highest BCUT2D eigenvalue weighted by Gasteiger charge is 2.31. The summed E-state index contributed by atoms with van der Waals surface area (Å²) in [5.41, 5.74) is 7.28. The van der Waals surface area contributed by atoms with Gasteiger partial charge in [-0.2, -0.15) is 0 Å². The van der Waals surface area contributed by atoms with Gasteiger partial charge in [-0.1, -0.05) is 50.2 Å². The molecule has 1 fully saturated rings. The van der Waals surface area contributed by atoms with Crippen LogP contribution in [0.25, 0.3) is 17.1 Å². The molecule has 3 atom stereocenters. The fourth-order valence-corrected chi connectivity index (χ4v) is 6.73. The lowest BCUT2D eigenvalue weighted by Crippen LogP contribution is -2.43. The summed E-state index contributed by atoms with van der Waals surface area (Å²) < 4.78 is 42.8. The quantitative estimate of drug-likeness (QED) is 0.137. The van der Waals surface area contributed by atoms with Gasteiger partial charge in [0.2, 0.25) is 0 Å². The average molecular weight is 679 g/mol. The zero-order valence-corrected chi connectivity index (χ0v) is 28.5. The summed E-state index contributed by atoms with van der Waals surface area (Å²) in [4.78, 5) is 17.2. The number of aromatic nitrogens is 3. The van der Waals surface area contributed by atoms with Gasteiger partial charge in [0.15, 0.2) is 5.82 Å². The smallest absolute Gasteiger partial charge is 0.406 e. The van der Waals surface area contributed by atoms with E-state index in [4.69, 9.17) is 0 Å². The van der Waals surface area contributed by atoms with Gasteiger partial charge in [-0.05, 0) is 104 Å². The summed E-state index contributed by atoms with van der Waals surface area (Å²) in [6.45, 7) is 10.5. The van der Waals surface area contributed by atoms with Gasteiger partial charge in [-0.25, -0.2) is 14.5 Å². The molecule has 0 spiro atoms. The summed E-state index contributed by atoms with van der Waals surface area (Å²) in [6.07, 6.45) is -0.499. The first-order chi connectivity index (χ1) is 22.8. The number of halogens is 3. The van der Waals surface area contributed by atoms with Crippen LogP contribution in [0.15, 0.2) is 84.2 Å². The van der Waals surface area contributed by atoms with E-state index in [0.29, 0.717) is 23.3 Å². The molecule has 254 valence electrons. The molecule has 12 heteroatoms. The second-order valence-corrected chi connectivity index (χ2v) is 13.6. The van der Waals surface area contributed by atoms with Gasteiger partial charge >= 0.3 is 12.4 Å². The van der Waals surface area contributed by atoms with Crippen molar-refractivity contribution in [1.82, 2.24) is 25.4 Å². The monoisotopic (exact) mass is 678 g/mol. The molecule has 3 unspecified atom stereocenters. The van der Waals surface area contributed by atoms with Gasteiger partial charge in [0.1, 0.15) is 12.1 Å². The van der Waals surface area contributed by atoms with Gasteiger partial charge in [0, 0.05) is 23.0 Å². The minimum Gasteiger partial charge on any atom is -0.406 e. The van der Waals surface area contributed by atoms with Gasteiger partial charge in [-0.3, -0.25) is 0 Å². The second kappa shape index (κ2) is 15.2. The molecular formula is C36H41F3N6O2S. The Labute approximate surface area is 283 Å². The second-order valence-electron chi connectivity index (χ2n) is 12.4. The maximum atomic E-state index is 12.8. The summed E-state index contributed by atoms with van der Waals surface area (Å²) >= 11 is 1.56. The largest absolute Gasteiger partial charge is 0.573 e. The maximum absolute atomic E-state index is 12.8. The topological polar surface area (TPSA) is 93.1 Å². The lowest BCUT2D eigenvalue weighted by atomic mass is 9.96. The van der Waals surface area contributed by atoms with Crippen LogP contribution in [0, 0.1) is 6.92 Å². The Hall–Kier alpha value is -4.45. The number of carbonyl (C=O) groups excluding carboxylic acids is 1. The van der Waals surface area contributed by atoms with Crippen LogP contribution in [0.2, 0.25) is 0 Å². The molecule has 4 aromatic rings. The van der Waals surface area contributed by atoms with Crippen molar-refractivity contribution in [3.63, 3.8) is 0 Å². The number of amides is 2. The lowest BCUT2D eigenvalue weighted by molar-refractivity contribution is -0.274.